The minimum absolute atomic E-state index is 0.222. The summed E-state index contributed by atoms with van der Waals surface area (Å²) < 4.78 is 8.30. The first-order valence-corrected chi connectivity index (χ1v) is 16.9. The monoisotopic (exact) mass is 734 g/mol. The van der Waals surface area contributed by atoms with Gasteiger partial charge in [-0.3, -0.25) is 9.48 Å². The Morgan fingerprint density at radius 2 is 1.84 bits per heavy atom. The lowest BCUT2D eigenvalue weighted by Crippen LogP contribution is -2.46. The van der Waals surface area contributed by atoms with Gasteiger partial charge in [-0.15, -0.1) is 0 Å². The number of nitriles is 1. The highest BCUT2D eigenvalue weighted by Gasteiger charge is 2.50. The van der Waals surface area contributed by atoms with E-state index >= 15 is 0 Å². The molecule has 1 saturated carbocycles. The molecule has 1 aromatic heterocycles. The highest BCUT2D eigenvalue weighted by atomic mass is 79.9. The number of hydrogen-bond acceptors (Lipinski definition) is 6. The summed E-state index contributed by atoms with van der Waals surface area (Å²) in [5.41, 5.74) is 0.977. The van der Waals surface area contributed by atoms with Crippen molar-refractivity contribution in [2.24, 2.45) is 17.8 Å². The first-order valence-electron chi connectivity index (χ1n) is 15.0. The summed E-state index contributed by atoms with van der Waals surface area (Å²) >= 11 is 12.6. The molecule has 10 heteroatoms. The summed E-state index contributed by atoms with van der Waals surface area (Å²) in [4.78, 5) is 15.8. The quantitative estimate of drug-likeness (QED) is 0.113. The zero-order chi connectivity index (χ0) is 31.4. The number of ether oxygens (including phenoxy) is 1. The summed E-state index contributed by atoms with van der Waals surface area (Å²) in [6, 6.07) is 13.3. The van der Waals surface area contributed by atoms with E-state index in [4.69, 9.17) is 21.6 Å². The maximum Gasteiger partial charge on any atom is 0.311 e. The molecule has 2 aromatic carbocycles. The predicted octanol–water partition coefficient (Wildman–Crippen LogP) is 8.94. The molecule has 0 spiro atoms. The van der Waals surface area contributed by atoms with Gasteiger partial charge in [0.25, 0.3) is 0 Å². The second-order valence-electron chi connectivity index (χ2n) is 11.6. The van der Waals surface area contributed by atoms with Crippen molar-refractivity contribution >= 4 is 49.4 Å². The molecule has 1 heterocycles. The smallest absolute Gasteiger partial charge is 0.311 e. The number of rotatable bonds is 12. The van der Waals surface area contributed by atoms with E-state index < -0.39 is 5.60 Å². The Balaban J connectivity index is 0.000000238. The highest BCUT2D eigenvalue weighted by Crippen LogP contribution is 2.47. The molecular weight excluding hydrogens is 696 g/mol. The van der Waals surface area contributed by atoms with E-state index in [0.29, 0.717) is 39.1 Å². The van der Waals surface area contributed by atoms with Crippen LogP contribution in [0.1, 0.15) is 83.3 Å². The van der Waals surface area contributed by atoms with E-state index in [1.165, 1.54) is 24.7 Å². The van der Waals surface area contributed by atoms with Crippen LogP contribution in [0.5, 0.6) is 5.75 Å². The SMILES string of the molecule is CC(C)C1CCC(Cc2ccc(Cl)cc2)C1(O)Cn1cncn1.CCCCCCCC(=O)Oc1c(Br)cc(C#N)cc1Br. The molecule has 0 amide bonds. The number of hydrogen-bond donors (Lipinski definition) is 1. The third-order valence-corrected chi connectivity index (χ3v) is 9.51. The van der Waals surface area contributed by atoms with Crippen LogP contribution in [-0.4, -0.2) is 31.4 Å². The number of esters is 1. The lowest BCUT2D eigenvalue weighted by molar-refractivity contribution is -0.134. The van der Waals surface area contributed by atoms with Crippen molar-refractivity contribution in [3.63, 3.8) is 0 Å². The molecule has 1 aliphatic rings. The first-order chi connectivity index (χ1) is 20.6. The number of aliphatic hydroxyl groups is 1. The molecule has 0 aliphatic heterocycles. The van der Waals surface area contributed by atoms with Crippen LogP contribution in [0, 0.1) is 29.1 Å². The standard InChI is InChI=1S/C18H24ClN3O.C15H17Br2NO2/c1-13(2)17-8-5-15(9-14-3-6-16(19)7-4-14)18(17,23)10-22-12-20-11-21-22;1-2-3-4-5-6-7-14(19)20-15-12(16)8-11(10-18)9-13(15)17/h3-4,6-7,11-13,15,17,23H,5,8-10H2,1-2H3;8-9H,2-7H2,1H3. The Kier molecular flexibility index (Phi) is 14.2. The lowest BCUT2D eigenvalue weighted by Gasteiger charge is -2.37. The molecule has 0 saturated heterocycles. The van der Waals surface area contributed by atoms with Gasteiger partial charge < -0.3 is 9.84 Å². The van der Waals surface area contributed by atoms with Gasteiger partial charge in [0.15, 0.2) is 5.75 Å². The van der Waals surface area contributed by atoms with Gasteiger partial charge in [0.05, 0.1) is 32.7 Å². The van der Waals surface area contributed by atoms with Crippen LogP contribution in [0.15, 0.2) is 58.0 Å². The largest absolute Gasteiger partial charge is 0.424 e. The molecule has 43 heavy (non-hydrogen) atoms. The van der Waals surface area contributed by atoms with Crippen LogP contribution in [-0.2, 0) is 17.8 Å². The van der Waals surface area contributed by atoms with Crippen LogP contribution < -0.4 is 4.74 Å². The summed E-state index contributed by atoms with van der Waals surface area (Å²) in [7, 11) is 0. The van der Waals surface area contributed by atoms with Crippen molar-refractivity contribution in [2.75, 3.05) is 0 Å². The first kappa shape index (κ1) is 35.2. The number of benzene rings is 2. The number of nitrogens with zero attached hydrogens (tertiary/aromatic N) is 4. The summed E-state index contributed by atoms with van der Waals surface area (Å²) in [5.74, 6) is 1.14. The molecular formula is C33H41Br2ClN4O3. The Bertz CT molecular complexity index is 1320. The van der Waals surface area contributed by atoms with Crippen molar-refractivity contribution < 1.29 is 14.6 Å². The third kappa shape index (κ3) is 10.4. The van der Waals surface area contributed by atoms with Gasteiger partial charge in [0, 0.05) is 11.4 Å². The minimum atomic E-state index is -0.749. The van der Waals surface area contributed by atoms with E-state index in [1.807, 2.05) is 18.2 Å². The summed E-state index contributed by atoms with van der Waals surface area (Å²) in [6.45, 7) is 7.06. The summed E-state index contributed by atoms with van der Waals surface area (Å²) in [6.07, 6.45) is 12.1. The van der Waals surface area contributed by atoms with E-state index in [2.05, 4.69) is 74.8 Å². The predicted molar refractivity (Wildman–Crippen MR) is 177 cm³/mol. The molecule has 4 rings (SSSR count). The van der Waals surface area contributed by atoms with Crippen molar-refractivity contribution in [2.45, 2.75) is 90.7 Å². The minimum Gasteiger partial charge on any atom is -0.424 e. The van der Waals surface area contributed by atoms with Gasteiger partial charge in [-0.2, -0.15) is 10.4 Å². The Morgan fingerprint density at radius 1 is 1.16 bits per heavy atom. The number of carbonyl (C=O) groups excluding carboxylic acids is 1. The average Bonchev–Trinajstić information content (AvgIpc) is 3.59. The van der Waals surface area contributed by atoms with Crippen molar-refractivity contribution in [1.29, 1.82) is 5.26 Å². The van der Waals surface area contributed by atoms with Gasteiger partial charge in [0.2, 0.25) is 0 Å². The fourth-order valence-electron chi connectivity index (χ4n) is 5.86. The van der Waals surface area contributed by atoms with Crippen LogP contribution in [0.2, 0.25) is 5.02 Å². The molecule has 1 fully saturated rings. The second-order valence-corrected chi connectivity index (χ2v) is 13.7. The van der Waals surface area contributed by atoms with Crippen LogP contribution in [0.4, 0.5) is 0 Å². The van der Waals surface area contributed by atoms with E-state index in [1.54, 1.807) is 23.1 Å². The van der Waals surface area contributed by atoms with E-state index in [9.17, 15) is 9.90 Å². The number of aromatic nitrogens is 3. The van der Waals surface area contributed by atoms with Gasteiger partial charge in [-0.1, -0.05) is 70.2 Å². The van der Waals surface area contributed by atoms with Gasteiger partial charge >= 0.3 is 5.97 Å². The van der Waals surface area contributed by atoms with Crippen LogP contribution >= 0.6 is 43.5 Å². The molecule has 3 atom stereocenters. The van der Waals surface area contributed by atoms with Crippen molar-refractivity contribution in [1.82, 2.24) is 14.8 Å². The number of unbranched alkanes of at least 4 members (excludes halogenated alkanes) is 4. The fourth-order valence-corrected chi connectivity index (χ4v) is 7.33. The van der Waals surface area contributed by atoms with Crippen LogP contribution in [0.25, 0.3) is 0 Å². The van der Waals surface area contributed by atoms with Gasteiger partial charge in [-0.05, 0) is 105 Å². The van der Waals surface area contributed by atoms with E-state index in [-0.39, 0.29) is 17.8 Å². The molecule has 3 aromatic rings. The third-order valence-electron chi connectivity index (χ3n) is 8.08. The fraction of sp³-hybridized carbons (Fsp3) is 0.515. The lowest BCUT2D eigenvalue weighted by atomic mass is 9.76. The van der Waals surface area contributed by atoms with Crippen LogP contribution in [0.3, 0.4) is 0 Å². The Hall–Kier alpha value is -2.25. The Morgan fingerprint density at radius 3 is 2.42 bits per heavy atom. The number of halogens is 3. The number of carbonyl (C=O) groups is 1. The molecule has 1 aliphatic carbocycles. The topological polar surface area (TPSA) is 101 Å². The maximum absolute atomic E-state index is 11.8. The normalized spacial score (nSPS) is 19.5. The molecule has 0 bridgehead atoms. The highest BCUT2D eigenvalue weighted by molar-refractivity contribution is 9.11. The molecule has 1 N–H and O–H groups in total. The Labute approximate surface area is 277 Å². The second kappa shape index (κ2) is 17.3. The van der Waals surface area contributed by atoms with Gasteiger partial charge in [-0.25, -0.2) is 4.98 Å². The zero-order valence-electron chi connectivity index (χ0n) is 25.1. The molecule has 7 nitrogen and oxygen atoms in total. The average molecular weight is 737 g/mol. The maximum atomic E-state index is 11.8. The molecule has 0 radical (unpaired) electrons. The van der Waals surface area contributed by atoms with E-state index in [0.717, 1.165) is 43.5 Å². The van der Waals surface area contributed by atoms with Crippen molar-refractivity contribution in [3.05, 3.63) is 74.1 Å². The van der Waals surface area contributed by atoms with Gasteiger partial charge in [0.1, 0.15) is 12.7 Å². The van der Waals surface area contributed by atoms with Crippen molar-refractivity contribution in [3.8, 4) is 11.8 Å². The molecule has 3 unspecified atom stereocenters. The molecule has 232 valence electrons. The summed E-state index contributed by atoms with van der Waals surface area (Å²) in [5, 5.41) is 25.3. The zero-order valence-corrected chi connectivity index (χ0v) is 29.0.